The average molecular weight is 340 g/mol. The van der Waals surface area contributed by atoms with Crippen molar-refractivity contribution in [3.05, 3.63) is 41.6 Å². The van der Waals surface area contributed by atoms with Crippen LogP contribution in [0.3, 0.4) is 0 Å². The number of aryl methyl sites for hydroxylation is 1. The highest BCUT2D eigenvalue weighted by molar-refractivity contribution is 7.89. The summed E-state index contributed by atoms with van der Waals surface area (Å²) in [5.41, 5.74) is -0.221. The highest BCUT2D eigenvalue weighted by Crippen LogP contribution is 2.23. The Kier molecular flexibility index (Phi) is 5.02. The summed E-state index contributed by atoms with van der Waals surface area (Å²) in [6.45, 7) is 3.53. The van der Waals surface area contributed by atoms with Crippen LogP contribution in [0.5, 0.6) is 5.75 Å². The lowest BCUT2D eigenvalue weighted by molar-refractivity contribution is 0.0692. The second-order valence-electron chi connectivity index (χ2n) is 4.59. The van der Waals surface area contributed by atoms with E-state index < -0.39 is 16.0 Å². The van der Waals surface area contributed by atoms with Crippen LogP contribution < -0.4 is 9.46 Å². The first-order valence-electron chi connectivity index (χ1n) is 6.74. The van der Waals surface area contributed by atoms with Crippen molar-refractivity contribution in [1.29, 1.82) is 0 Å². The van der Waals surface area contributed by atoms with Crippen LogP contribution in [0, 0.1) is 6.92 Å². The Labute approximate surface area is 133 Å². The third-order valence-corrected chi connectivity index (χ3v) is 4.27. The molecule has 2 aromatic rings. The Morgan fingerprint density at radius 1 is 1.43 bits per heavy atom. The number of sulfonamides is 1. The molecule has 1 aromatic heterocycles. The Hall–Kier alpha value is -2.39. The molecule has 23 heavy (non-hydrogen) atoms. The van der Waals surface area contributed by atoms with E-state index in [2.05, 4.69) is 9.71 Å². The lowest BCUT2D eigenvalue weighted by Crippen LogP contribution is -2.23. The van der Waals surface area contributed by atoms with Crippen molar-refractivity contribution < 1.29 is 27.5 Å². The number of carbonyl (C=O) groups is 1. The molecule has 0 unspecified atom stereocenters. The number of aromatic carboxylic acids is 1. The minimum Gasteiger partial charge on any atom is -0.493 e. The number of hydrogen-bond donors (Lipinski definition) is 2. The minimum absolute atomic E-state index is 0.113. The summed E-state index contributed by atoms with van der Waals surface area (Å²) in [5, 5.41) is 9.17. The number of nitrogens with one attached hydrogen (secondary N) is 1. The maximum Gasteiger partial charge on any atom is 0.339 e. The lowest BCUT2D eigenvalue weighted by atomic mass is 10.2. The van der Waals surface area contributed by atoms with E-state index in [1.807, 2.05) is 0 Å². The fourth-order valence-electron chi connectivity index (χ4n) is 1.85. The minimum atomic E-state index is -3.91. The first kappa shape index (κ1) is 17.0. The fourth-order valence-corrected chi connectivity index (χ4v) is 2.85. The number of rotatable bonds is 7. The number of hydrogen-bond acceptors (Lipinski definition) is 6. The van der Waals surface area contributed by atoms with Gasteiger partial charge in [0.2, 0.25) is 15.9 Å². The molecule has 0 aliphatic rings. The number of benzene rings is 1. The normalized spacial score (nSPS) is 11.4. The topological polar surface area (TPSA) is 119 Å². The Bertz CT molecular complexity index is 812. The molecule has 124 valence electrons. The fraction of sp³-hybridized carbons (Fsp3) is 0.286. The van der Waals surface area contributed by atoms with Crippen LogP contribution in [-0.4, -0.2) is 31.1 Å². The molecule has 0 bridgehead atoms. The molecule has 2 rings (SSSR count). The SMILES string of the molecule is CCOc1ccc(S(=O)(=O)NCc2ncc(C)o2)cc1C(=O)O. The maximum absolute atomic E-state index is 12.2. The van der Waals surface area contributed by atoms with Gasteiger partial charge in [-0.1, -0.05) is 0 Å². The molecule has 0 aliphatic heterocycles. The van der Waals surface area contributed by atoms with E-state index in [0.717, 1.165) is 6.07 Å². The van der Waals surface area contributed by atoms with E-state index in [-0.39, 0.29) is 35.3 Å². The summed E-state index contributed by atoms with van der Waals surface area (Å²) in [6.07, 6.45) is 1.48. The Morgan fingerprint density at radius 3 is 2.74 bits per heavy atom. The molecule has 8 nitrogen and oxygen atoms in total. The molecule has 0 amide bonds. The summed E-state index contributed by atoms with van der Waals surface area (Å²) < 4.78 is 37.1. The zero-order chi connectivity index (χ0) is 17.0. The Morgan fingerprint density at radius 2 is 2.17 bits per heavy atom. The van der Waals surface area contributed by atoms with Crippen LogP contribution >= 0.6 is 0 Å². The smallest absolute Gasteiger partial charge is 0.339 e. The van der Waals surface area contributed by atoms with Crippen molar-refractivity contribution in [3.8, 4) is 5.75 Å². The monoisotopic (exact) mass is 340 g/mol. The van der Waals surface area contributed by atoms with Gasteiger partial charge in [-0.25, -0.2) is 22.9 Å². The molecule has 2 N–H and O–H groups in total. The standard InChI is InChI=1S/C14H16N2O6S/c1-3-21-12-5-4-10(6-11(12)14(17)18)23(19,20)16-8-13-15-7-9(2)22-13/h4-7,16H,3,8H2,1-2H3,(H,17,18). The largest absolute Gasteiger partial charge is 0.493 e. The number of nitrogens with zero attached hydrogens (tertiary/aromatic N) is 1. The summed E-state index contributed by atoms with van der Waals surface area (Å²) in [5.74, 6) is -0.375. The molecule has 0 atom stereocenters. The van der Waals surface area contributed by atoms with E-state index in [1.54, 1.807) is 13.8 Å². The van der Waals surface area contributed by atoms with Crippen molar-refractivity contribution in [3.63, 3.8) is 0 Å². The number of aromatic nitrogens is 1. The predicted molar refractivity (Wildman–Crippen MR) is 79.8 cm³/mol. The molecule has 0 saturated heterocycles. The molecular weight excluding hydrogens is 324 g/mol. The average Bonchev–Trinajstić information content (AvgIpc) is 2.91. The second-order valence-corrected chi connectivity index (χ2v) is 6.35. The van der Waals surface area contributed by atoms with Crippen molar-refractivity contribution in [2.45, 2.75) is 25.3 Å². The van der Waals surface area contributed by atoms with Gasteiger partial charge in [-0.05, 0) is 32.0 Å². The van der Waals surface area contributed by atoms with E-state index in [0.29, 0.717) is 5.76 Å². The van der Waals surface area contributed by atoms with E-state index in [9.17, 15) is 18.3 Å². The molecular formula is C14H16N2O6S. The van der Waals surface area contributed by atoms with Crippen molar-refractivity contribution in [2.24, 2.45) is 0 Å². The molecule has 9 heteroatoms. The van der Waals surface area contributed by atoms with Gasteiger partial charge in [-0.15, -0.1) is 0 Å². The number of oxazole rings is 1. The van der Waals surface area contributed by atoms with Crippen LogP contribution in [-0.2, 0) is 16.6 Å². The van der Waals surface area contributed by atoms with Crippen LogP contribution in [0.25, 0.3) is 0 Å². The first-order chi connectivity index (χ1) is 10.8. The number of carboxylic acid groups (broad SMARTS) is 1. The van der Waals surface area contributed by atoms with E-state index in [1.165, 1.54) is 18.3 Å². The third kappa shape index (κ3) is 4.08. The summed E-state index contributed by atoms with van der Waals surface area (Å²) in [6, 6.07) is 3.65. The van der Waals surface area contributed by atoms with Gasteiger partial charge in [0.25, 0.3) is 0 Å². The Balaban J connectivity index is 2.25. The van der Waals surface area contributed by atoms with Gasteiger partial charge in [0.05, 0.1) is 24.2 Å². The molecule has 0 radical (unpaired) electrons. The molecule has 0 spiro atoms. The predicted octanol–water partition coefficient (Wildman–Crippen LogP) is 1.56. The van der Waals surface area contributed by atoms with Gasteiger partial charge in [-0.2, -0.15) is 0 Å². The first-order valence-corrected chi connectivity index (χ1v) is 8.23. The van der Waals surface area contributed by atoms with Crippen molar-refractivity contribution >= 4 is 16.0 Å². The summed E-state index contributed by atoms with van der Waals surface area (Å²) in [7, 11) is -3.91. The highest BCUT2D eigenvalue weighted by Gasteiger charge is 2.20. The van der Waals surface area contributed by atoms with Crippen LogP contribution in [0.1, 0.15) is 28.9 Å². The quantitative estimate of drug-likeness (QED) is 0.785. The second kappa shape index (κ2) is 6.80. The zero-order valence-electron chi connectivity index (χ0n) is 12.6. The third-order valence-electron chi connectivity index (χ3n) is 2.87. The van der Waals surface area contributed by atoms with E-state index in [4.69, 9.17) is 9.15 Å². The van der Waals surface area contributed by atoms with Crippen LogP contribution in [0.2, 0.25) is 0 Å². The van der Waals surface area contributed by atoms with Gasteiger partial charge in [-0.3, -0.25) is 0 Å². The number of carboxylic acids is 1. The van der Waals surface area contributed by atoms with Gasteiger partial charge < -0.3 is 14.3 Å². The summed E-state index contributed by atoms with van der Waals surface area (Å²) >= 11 is 0. The summed E-state index contributed by atoms with van der Waals surface area (Å²) in [4.78, 5) is 14.9. The lowest BCUT2D eigenvalue weighted by Gasteiger charge is -2.10. The molecule has 0 fully saturated rings. The van der Waals surface area contributed by atoms with Crippen molar-refractivity contribution in [1.82, 2.24) is 9.71 Å². The van der Waals surface area contributed by atoms with Crippen molar-refractivity contribution in [2.75, 3.05) is 6.61 Å². The van der Waals surface area contributed by atoms with Gasteiger partial charge in [0.1, 0.15) is 17.1 Å². The maximum atomic E-state index is 12.2. The zero-order valence-corrected chi connectivity index (χ0v) is 13.4. The molecule has 1 aromatic carbocycles. The van der Waals surface area contributed by atoms with Crippen LogP contribution in [0.4, 0.5) is 0 Å². The number of ether oxygens (including phenoxy) is 1. The molecule has 0 aliphatic carbocycles. The van der Waals surface area contributed by atoms with Gasteiger partial charge in [0, 0.05) is 0 Å². The molecule has 1 heterocycles. The van der Waals surface area contributed by atoms with E-state index >= 15 is 0 Å². The van der Waals surface area contributed by atoms with Gasteiger partial charge in [0.15, 0.2) is 0 Å². The molecule has 0 saturated carbocycles. The van der Waals surface area contributed by atoms with Gasteiger partial charge >= 0.3 is 5.97 Å². The highest BCUT2D eigenvalue weighted by atomic mass is 32.2. The van der Waals surface area contributed by atoms with Crippen LogP contribution in [0.15, 0.2) is 33.7 Å².